The number of primary amides is 1. The van der Waals surface area contributed by atoms with Crippen LogP contribution < -0.4 is 16.6 Å². The van der Waals surface area contributed by atoms with Crippen molar-refractivity contribution in [2.24, 2.45) is 5.73 Å². The van der Waals surface area contributed by atoms with Gasteiger partial charge in [-0.05, 0) is 43.4 Å². The van der Waals surface area contributed by atoms with Gasteiger partial charge in [0.25, 0.3) is 5.56 Å². The SMILES string of the molecule is CN(CCC(=O)Nc1ccc(C(N)=O)cc1)Cc1nc2ccccc2c(=O)[nH]1. The van der Waals surface area contributed by atoms with Crippen LogP contribution in [0.5, 0.6) is 0 Å². The normalized spacial score (nSPS) is 10.9. The highest BCUT2D eigenvalue weighted by atomic mass is 16.2. The Morgan fingerprint density at radius 3 is 2.57 bits per heavy atom. The molecule has 8 heteroatoms. The van der Waals surface area contributed by atoms with E-state index in [2.05, 4.69) is 15.3 Å². The summed E-state index contributed by atoms with van der Waals surface area (Å²) in [6.45, 7) is 0.905. The fourth-order valence-corrected chi connectivity index (χ4v) is 2.78. The molecule has 0 aliphatic carbocycles. The summed E-state index contributed by atoms with van der Waals surface area (Å²) in [4.78, 5) is 44.4. The molecular weight excluding hydrogens is 358 g/mol. The number of hydrogen-bond donors (Lipinski definition) is 3. The van der Waals surface area contributed by atoms with Gasteiger partial charge in [-0.25, -0.2) is 4.98 Å². The number of amides is 2. The molecule has 0 aliphatic heterocycles. The van der Waals surface area contributed by atoms with Gasteiger partial charge in [-0.2, -0.15) is 0 Å². The summed E-state index contributed by atoms with van der Waals surface area (Å²) in [5.74, 6) is -0.118. The van der Waals surface area contributed by atoms with Crippen molar-refractivity contribution in [3.05, 3.63) is 70.3 Å². The van der Waals surface area contributed by atoms with Crippen LogP contribution in [-0.4, -0.2) is 40.3 Å². The van der Waals surface area contributed by atoms with Crippen LogP contribution in [0.3, 0.4) is 0 Å². The highest BCUT2D eigenvalue weighted by molar-refractivity contribution is 5.94. The number of carbonyl (C=O) groups is 2. The highest BCUT2D eigenvalue weighted by Gasteiger charge is 2.09. The molecule has 0 aliphatic rings. The molecule has 4 N–H and O–H groups in total. The van der Waals surface area contributed by atoms with E-state index in [4.69, 9.17) is 5.73 Å². The van der Waals surface area contributed by atoms with Gasteiger partial charge in [0.05, 0.1) is 17.4 Å². The summed E-state index contributed by atoms with van der Waals surface area (Å²) in [6.07, 6.45) is 0.270. The lowest BCUT2D eigenvalue weighted by Gasteiger charge is -2.16. The number of hydrogen-bond acceptors (Lipinski definition) is 5. The fraction of sp³-hybridized carbons (Fsp3) is 0.200. The molecule has 0 spiro atoms. The molecule has 1 aromatic heterocycles. The zero-order valence-corrected chi connectivity index (χ0v) is 15.4. The first-order valence-corrected chi connectivity index (χ1v) is 8.78. The molecule has 0 atom stereocenters. The van der Waals surface area contributed by atoms with E-state index in [9.17, 15) is 14.4 Å². The molecule has 8 nitrogen and oxygen atoms in total. The molecule has 1 heterocycles. The number of H-pyrrole nitrogens is 1. The number of benzene rings is 2. The molecule has 144 valence electrons. The van der Waals surface area contributed by atoms with E-state index in [1.807, 2.05) is 18.0 Å². The summed E-state index contributed by atoms with van der Waals surface area (Å²) < 4.78 is 0. The highest BCUT2D eigenvalue weighted by Crippen LogP contribution is 2.10. The van der Waals surface area contributed by atoms with Crippen molar-refractivity contribution in [1.82, 2.24) is 14.9 Å². The standard InChI is InChI=1S/C20H21N5O3/c1-25(12-17-23-16-5-3-2-4-15(16)20(28)24-17)11-10-18(26)22-14-8-6-13(7-9-14)19(21)27/h2-9H,10-12H2,1H3,(H2,21,27)(H,22,26)(H,23,24,28). The first-order chi connectivity index (χ1) is 13.4. The summed E-state index contributed by atoms with van der Waals surface area (Å²) in [5.41, 5.74) is 6.64. The number of aromatic amines is 1. The Morgan fingerprint density at radius 2 is 1.86 bits per heavy atom. The Balaban J connectivity index is 1.53. The lowest BCUT2D eigenvalue weighted by atomic mass is 10.2. The van der Waals surface area contributed by atoms with Gasteiger partial charge in [0.1, 0.15) is 5.82 Å². The van der Waals surface area contributed by atoms with Gasteiger partial charge in [0.2, 0.25) is 11.8 Å². The lowest BCUT2D eigenvalue weighted by molar-refractivity contribution is -0.116. The third-order valence-corrected chi connectivity index (χ3v) is 4.26. The summed E-state index contributed by atoms with van der Waals surface area (Å²) >= 11 is 0. The van der Waals surface area contributed by atoms with Crippen LogP contribution in [0.1, 0.15) is 22.6 Å². The molecule has 2 amide bonds. The van der Waals surface area contributed by atoms with Gasteiger partial charge in [-0.3, -0.25) is 19.3 Å². The molecular formula is C20H21N5O3. The monoisotopic (exact) mass is 379 g/mol. The van der Waals surface area contributed by atoms with Crippen LogP contribution in [0.25, 0.3) is 10.9 Å². The van der Waals surface area contributed by atoms with Crippen molar-refractivity contribution in [2.45, 2.75) is 13.0 Å². The van der Waals surface area contributed by atoms with Gasteiger partial charge >= 0.3 is 0 Å². The Hall–Kier alpha value is -3.52. The van der Waals surface area contributed by atoms with E-state index >= 15 is 0 Å². The number of anilines is 1. The summed E-state index contributed by atoms with van der Waals surface area (Å²) in [6, 6.07) is 13.5. The van der Waals surface area contributed by atoms with Gasteiger partial charge in [-0.1, -0.05) is 12.1 Å². The molecule has 0 radical (unpaired) electrons. The summed E-state index contributed by atoms with van der Waals surface area (Å²) in [5, 5.41) is 3.32. The minimum absolute atomic E-state index is 0.154. The number of carbonyl (C=O) groups excluding carboxylic acids is 2. The number of nitrogens with zero attached hydrogens (tertiary/aromatic N) is 2. The Bertz CT molecular complexity index is 1060. The van der Waals surface area contributed by atoms with Crippen molar-refractivity contribution < 1.29 is 9.59 Å². The van der Waals surface area contributed by atoms with Crippen molar-refractivity contribution in [1.29, 1.82) is 0 Å². The molecule has 3 aromatic rings. The first-order valence-electron chi connectivity index (χ1n) is 8.78. The zero-order valence-electron chi connectivity index (χ0n) is 15.4. The van der Waals surface area contributed by atoms with E-state index in [1.165, 1.54) is 0 Å². The first kappa shape index (κ1) is 19.2. The smallest absolute Gasteiger partial charge is 0.258 e. The number of nitrogens with one attached hydrogen (secondary N) is 2. The maximum Gasteiger partial charge on any atom is 0.258 e. The third kappa shape index (κ3) is 4.80. The quantitative estimate of drug-likeness (QED) is 0.574. The summed E-state index contributed by atoms with van der Waals surface area (Å²) in [7, 11) is 1.85. The number of fused-ring (bicyclic) bond motifs is 1. The van der Waals surface area contributed by atoms with Crippen molar-refractivity contribution >= 4 is 28.4 Å². The number of para-hydroxylation sites is 1. The number of nitrogens with two attached hydrogens (primary N) is 1. The van der Waals surface area contributed by atoms with Crippen LogP contribution in [0.15, 0.2) is 53.3 Å². The number of aromatic nitrogens is 2. The van der Waals surface area contributed by atoms with E-state index in [0.717, 1.165) is 0 Å². The van der Waals surface area contributed by atoms with Crippen LogP contribution in [-0.2, 0) is 11.3 Å². The fourth-order valence-electron chi connectivity index (χ4n) is 2.78. The predicted molar refractivity (Wildman–Crippen MR) is 107 cm³/mol. The number of rotatable bonds is 7. The maximum absolute atomic E-state index is 12.1. The zero-order chi connectivity index (χ0) is 20.1. The van der Waals surface area contributed by atoms with Crippen LogP contribution in [0.2, 0.25) is 0 Å². The second-order valence-corrected chi connectivity index (χ2v) is 6.51. The van der Waals surface area contributed by atoms with Gasteiger partial charge < -0.3 is 16.0 Å². The van der Waals surface area contributed by atoms with E-state index in [-0.39, 0.29) is 17.9 Å². The van der Waals surface area contributed by atoms with Gasteiger partial charge in [0, 0.05) is 24.2 Å². The van der Waals surface area contributed by atoms with Crippen molar-refractivity contribution in [3.8, 4) is 0 Å². The average molecular weight is 379 g/mol. The topological polar surface area (TPSA) is 121 Å². The Labute approximate surface area is 161 Å². The molecule has 0 fully saturated rings. The van der Waals surface area contributed by atoms with Crippen LogP contribution in [0.4, 0.5) is 5.69 Å². The van der Waals surface area contributed by atoms with E-state index in [1.54, 1.807) is 42.5 Å². The Kier molecular flexibility index (Phi) is 5.81. The minimum atomic E-state index is -0.514. The van der Waals surface area contributed by atoms with E-state index < -0.39 is 5.91 Å². The average Bonchev–Trinajstić information content (AvgIpc) is 2.67. The lowest BCUT2D eigenvalue weighted by Crippen LogP contribution is -2.26. The van der Waals surface area contributed by atoms with Crippen molar-refractivity contribution in [2.75, 3.05) is 18.9 Å². The van der Waals surface area contributed by atoms with Crippen molar-refractivity contribution in [3.63, 3.8) is 0 Å². The second kappa shape index (κ2) is 8.45. The molecule has 0 bridgehead atoms. The Morgan fingerprint density at radius 1 is 1.14 bits per heavy atom. The minimum Gasteiger partial charge on any atom is -0.366 e. The maximum atomic E-state index is 12.1. The predicted octanol–water partition coefficient (Wildman–Crippen LogP) is 1.48. The molecule has 28 heavy (non-hydrogen) atoms. The molecule has 0 saturated heterocycles. The molecule has 0 saturated carbocycles. The molecule has 0 unspecified atom stereocenters. The molecule has 2 aromatic carbocycles. The van der Waals surface area contributed by atoms with Gasteiger partial charge in [0.15, 0.2) is 0 Å². The van der Waals surface area contributed by atoms with Crippen LogP contribution in [0, 0.1) is 0 Å². The van der Waals surface area contributed by atoms with Gasteiger partial charge in [-0.15, -0.1) is 0 Å². The second-order valence-electron chi connectivity index (χ2n) is 6.51. The largest absolute Gasteiger partial charge is 0.366 e. The molecule has 3 rings (SSSR count). The third-order valence-electron chi connectivity index (χ3n) is 4.26. The van der Waals surface area contributed by atoms with E-state index in [0.29, 0.717) is 41.1 Å². The van der Waals surface area contributed by atoms with Crippen LogP contribution >= 0.6 is 0 Å².